The number of nitrogen functional groups attached to an aromatic ring is 1. The van der Waals surface area contributed by atoms with E-state index >= 15 is 0 Å². The van der Waals surface area contributed by atoms with Gasteiger partial charge in [0.15, 0.2) is 0 Å². The Morgan fingerprint density at radius 1 is 1.28 bits per heavy atom. The van der Waals surface area contributed by atoms with Crippen molar-refractivity contribution in [1.82, 2.24) is 4.90 Å². The van der Waals surface area contributed by atoms with Crippen molar-refractivity contribution in [3.63, 3.8) is 0 Å². The van der Waals surface area contributed by atoms with Crippen LogP contribution in [0.25, 0.3) is 0 Å². The topological polar surface area (TPSA) is 38.5 Å². The maximum atomic E-state index is 5.71. The summed E-state index contributed by atoms with van der Waals surface area (Å²) in [6.07, 6.45) is 5.18. The molecule has 18 heavy (non-hydrogen) atoms. The number of nitrogens with two attached hydrogens (primary N) is 1. The van der Waals surface area contributed by atoms with Gasteiger partial charge in [0.25, 0.3) is 0 Å². The van der Waals surface area contributed by atoms with E-state index in [0.29, 0.717) is 0 Å². The van der Waals surface area contributed by atoms with E-state index in [0.717, 1.165) is 37.1 Å². The monoisotopic (exact) mass is 248 g/mol. The van der Waals surface area contributed by atoms with Gasteiger partial charge in [-0.25, -0.2) is 0 Å². The SMILES string of the molecule is CC1CCCCN1CCCOc1ccc(N)cc1. The molecule has 0 bridgehead atoms. The summed E-state index contributed by atoms with van der Waals surface area (Å²) in [7, 11) is 0. The Morgan fingerprint density at radius 3 is 2.78 bits per heavy atom. The van der Waals surface area contributed by atoms with Crippen molar-refractivity contribution in [2.45, 2.75) is 38.6 Å². The molecule has 0 spiro atoms. The van der Waals surface area contributed by atoms with E-state index in [1.807, 2.05) is 24.3 Å². The van der Waals surface area contributed by atoms with Crippen molar-refractivity contribution in [3.8, 4) is 5.75 Å². The third-order valence-electron chi connectivity index (χ3n) is 3.68. The third kappa shape index (κ3) is 3.91. The second-order valence-corrected chi connectivity index (χ2v) is 5.15. The molecule has 1 atom stereocenters. The average molecular weight is 248 g/mol. The molecule has 0 amide bonds. The van der Waals surface area contributed by atoms with Gasteiger partial charge in [-0.3, -0.25) is 0 Å². The van der Waals surface area contributed by atoms with Crippen molar-refractivity contribution >= 4 is 5.69 Å². The van der Waals surface area contributed by atoms with E-state index in [2.05, 4.69) is 11.8 Å². The molecule has 1 aliphatic rings. The Labute approximate surface area is 110 Å². The Morgan fingerprint density at radius 2 is 2.06 bits per heavy atom. The normalized spacial score (nSPS) is 20.8. The second kappa shape index (κ2) is 6.64. The van der Waals surface area contributed by atoms with Gasteiger partial charge in [0.2, 0.25) is 0 Å². The highest BCUT2D eigenvalue weighted by atomic mass is 16.5. The minimum atomic E-state index is 0.746. The van der Waals surface area contributed by atoms with Crippen LogP contribution in [0, 0.1) is 0 Å². The van der Waals surface area contributed by atoms with E-state index in [1.54, 1.807) is 0 Å². The molecule has 2 N–H and O–H groups in total. The summed E-state index contributed by atoms with van der Waals surface area (Å²) < 4.78 is 5.71. The molecule has 3 nitrogen and oxygen atoms in total. The van der Waals surface area contributed by atoms with E-state index < -0.39 is 0 Å². The molecule has 1 saturated heterocycles. The van der Waals surface area contributed by atoms with Gasteiger partial charge in [0.1, 0.15) is 5.75 Å². The number of rotatable bonds is 5. The van der Waals surface area contributed by atoms with Crippen LogP contribution in [0.2, 0.25) is 0 Å². The van der Waals surface area contributed by atoms with Crippen LogP contribution in [0.3, 0.4) is 0 Å². The first-order valence-electron chi connectivity index (χ1n) is 6.98. The smallest absolute Gasteiger partial charge is 0.119 e. The van der Waals surface area contributed by atoms with Crippen molar-refractivity contribution < 1.29 is 4.74 Å². The van der Waals surface area contributed by atoms with Crippen LogP contribution in [0.5, 0.6) is 5.75 Å². The highest BCUT2D eigenvalue weighted by Gasteiger charge is 2.17. The summed E-state index contributed by atoms with van der Waals surface area (Å²) in [6, 6.07) is 8.36. The van der Waals surface area contributed by atoms with Crippen LogP contribution in [0.15, 0.2) is 24.3 Å². The molecule has 100 valence electrons. The van der Waals surface area contributed by atoms with Gasteiger partial charge in [-0.1, -0.05) is 6.42 Å². The summed E-state index contributed by atoms with van der Waals surface area (Å²) >= 11 is 0. The van der Waals surface area contributed by atoms with Crippen molar-refractivity contribution in [2.24, 2.45) is 0 Å². The maximum absolute atomic E-state index is 5.71. The molecule has 1 heterocycles. The van der Waals surface area contributed by atoms with E-state index in [1.165, 1.54) is 25.8 Å². The summed E-state index contributed by atoms with van der Waals surface area (Å²) in [5.74, 6) is 0.913. The molecule has 1 aromatic carbocycles. The molecule has 3 heteroatoms. The first kappa shape index (κ1) is 13.2. The fraction of sp³-hybridized carbons (Fsp3) is 0.600. The minimum absolute atomic E-state index is 0.746. The lowest BCUT2D eigenvalue weighted by Crippen LogP contribution is -2.38. The number of ether oxygens (including phenoxy) is 1. The van der Waals surface area contributed by atoms with Crippen molar-refractivity contribution in [3.05, 3.63) is 24.3 Å². The summed E-state index contributed by atoms with van der Waals surface area (Å²) in [5, 5.41) is 0. The Bertz CT molecular complexity index is 350. The Balaban J connectivity index is 1.65. The van der Waals surface area contributed by atoms with Gasteiger partial charge >= 0.3 is 0 Å². The molecular weight excluding hydrogens is 224 g/mol. The molecule has 1 unspecified atom stereocenters. The second-order valence-electron chi connectivity index (χ2n) is 5.15. The number of piperidine rings is 1. The quantitative estimate of drug-likeness (QED) is 0.643. The van der Waals surface area contributed by atoms with Crippen LogP contribution in [0.4, 0.5) is 5.69 Å². The van der Waals surface area contributed by atoms with Gasteiger partial charge < -0.3 is 15.4 Å². The van der Waals surface area contributed by atoms with Gasteiger partial charge in [-0.05, 0) is 57.0 Å². The van der Waals surface area contributed by atoms with Crippen LogP contribution in [0.1, 0.15) is 32.6 Å². The van der Waals surface area contributed by atoms with Crippen LogP contribution >= 0.6 is 0 Å². The molecule has 0 aromatic heterocycles. The standard InChI is InChI=1S/C15H24N2O/c1-13-5-2-3-10-17(13)11-4-12-18-15-8-6-14(16)7-9-15/h6-9,13H,2-5,10-12,16H2,1H3. The molecule has 1 aromatic rings. The molecule has 1 aliphatic heterocycles. The largest absolute Gasteiger partial charge is 0.494 e. The Hall–Kier alpha value is -1.22. The summed E-state index contributed by atoms with van der Waals surface area (Å²) in [4.78, 5) is 2.58. The third-order valence-corrected chi connectivity index (χ3v) is 3.68. The van der Waals surface area contributed by atoms with Gasteiger partial charge in [-0.2, -0.15) is 0 Å². The zero-order valence-electron chi connectivity index (χ0n) is 11.3. The fourth-order valence-electron chi connectivity index (χ4n) is 2.51. The lowest BCUT2D eigenvalue weighted by Gasteiger charge is -2.33. The number of benzene rings is 1. The van der Waals surface area contributed by atoms with Gasteiger partial charge in [0, 0.05) is 18.3 Å². The van der Waals surface area contributed by atoms with E-state index in [4.69, 9.17) is 10.5 Å². The number of hydrogen-bond donors (Lipinski definition) is 1. The molecule has 0 saturated carbocycles. The lowest BCUT2D eigenvalue weighted by molar-refractivity contribution is 0.148. The van der Waals surface area contributed by atoms with Gasteiger partial charge in [-0.15, -0.1) is 0 Å². The predicted octanol–water partition coefficient (Wildman–Crippen LogP) is 2.91. The molecule has 0 aliphatic carbocycles. The predicted molar refractivity (Wildman–Crippen MR) is 75.9 cm³/mol. The first-order valence-corrected chi connectivity index (χ1v) is 6.98. The summed E-state index contributed by atoms with van der Waals surface area (Å²) in [6.45, 7) is 5.52. The molecular formula is C15H24N2O. The Kier molecular flexibility index (Phi) is 4.88. The highest BCUT2D eigenvalue weighted by molar-refractivity contribution is 5.41. The average Bonchev–Trinajstić information content (AvgIpc) is 2.39. The van der Waals surface area contributed by atoms with Crippen LogP contribution in [-0.4, -0.2) is 30.6 Å². The summed E-state index contributed by atoms with van der Waals surface area (Å²) in [5.41, 5.74) is 6.41. The highest BCUT2D eigenvalue weighted by Crippen LogP contribution is 2.17. The van der Waals surface area contributed by atoms with Crippen LogP contribution < -0.4 is 10.5 Å². The zero-order chi connectivity index (χ0) is 12.8. The number of anilines is 1. The minimum Gasteiger partial charge on any atom is -0.494 e. The lowest BCUT2D eigenvalue weighted by atomic mass is 10.0. The zero-order valence-corrected chi connectivity index (χ0v) is 11.3. The maximum Gasteiger partial charge on any atom is 0.119 e. The number of hydrogen-bond acceptors (Lipinski definition) is 3. The van der Waals surface area contributed by atoms with E-state index in [9.17, 15) is 0 Å². The first-order chi connectivity index (χ1) is 8.75. The van der Waals surface area contributed by atoms with Crippen LogP contribution in [-0.2, 0) is 0 Å². The van der Waals surface area contributed by atoms with E-state index in [-0.39, 0.29) is 0 Å². The van der Waals surface area contributed by atoms with Gasteiger partial charge in [0.05, 0.1) is 6.61 Å². The molecule has 0 radical (unpaired) electrons. The molecule has 2 rings (SSSR count). The fourth-order valence-corrected chi connectivity index (χ4v) is 2.51. The van der Waals surface area contributed by atoms with Crippen molar-refractivity contribution in [1.29, 1.82) is 0 Å². The van der Waals surface area contributed by atoms with Crippen molar-refractivity contribution in [2.75, 3.05) is 25.4 Å². The number of nitrogens with zero attached hydrogens (tertiary/aromatic N) is 1. The molecule has 1 fully saturated rings. The number of likely N-dealkylation sites (tertiary alicyclic amines) is 1.